The number of hydrogen-bond donors (Lipinski definition) is 0. The average Bonchev–Trinajstić information content (AvgIpc) is 3.16. The number of hydrogen-bond acceptors (Lipinski definition) is 6. The van der Waals surface area contributed by atoms with Gasteiger partial charge in [0.2, 0.25) is 5.76 Å². The molecule has 0 fully saturated rings. The average molecular weight is 499 g/mol. The van der Waals surface area contributed by atoms with Gasteiger partial charge in [0.25, 0.3) is 5.91 Å². The number of carbonyl (C=O) groups is 1. The van der Waals surface area contributed by atoms with Crippen LogP contribution in [0.5, 0.6) is 11.5 Å². The van der Waals surface area contributed by atoms with Crippen LogP contribution in [0, 0.1) is 13.8 Å². The Labute approximate surface area is 215 Å². The number of unbranched alkanes of at least 4 members (excludes halogenated alkanes) is 1. The number of aryl methyl sites for hydroxylation is 2. The van der Waals surface area contributed by atoms with Crippen LogP contribution in [0.3, 0.4) is 0 Å². The van der Waals surface area contributed by atoms with E-state index >= 15 is 0 Å². The number of benzene rings is 2. The van der Waals surface area contributed by atoms with Gasteiger partial charge in [0.15, 0.2) is 16.9 Å². The zero-order valence-corrected chi connectivity index (χ0v) is 21.5. The normalized spacial score (nSPS) is 14.8. The van der Waals surface area contributed by atoms with E-state index in [9.17, 15) is 9.59 Å². The number of nitrogens with zero attached hydrogens (tertiary/aromatic N) is 2. The molecule has 1 aliphatic rings. The standard InChI is InChI=1S/C30H30N2O5/c1-5-6-12-36-22-10-9-21(15-23(22)35-4)27-26-28(33)25-19(3)13-18(2)14-24(25)37-29(26)30(34)32(27)17-20-8-7-11-31-16-20/h7-11,13-16,27H,5-6,12,17H2,1-4H3. The van der Waals surface area contributed by atoms with E-state index < -0.39 is 6.04 Å². The van der Waals surface area contributed by atoms with Crippen LogP contribution in [0.15, 0.2) is 64.1 Å². The molecule has 37 heavy (non-hydrogen) atoms. The molecular formula is C30H30N2O5. The second-order valence-corrected chi connectivity index (χ2v) is 9.44. The minimum Gasteiger partial charge on any atom is -0.493 e. The van der Waals surface area contributed by atoms with Gasteiger partial charge in [0.05, 0.1) is 30.7 Å². The summed E-state index contributed by atoms with van der Waals surface area (Å²) in [5.41, 5.74) is 3.95. The number of pyridine rings is 1. The summed E-state index contributed by atoms with van der Waals surface area (Å²) in [5, 5.41) is 0.497. The predicted octanol–water partition coefficient (Wildman–Crippen LogP) is 5.74. The summed E-state index contributed by atoms with van der Waals surface area (Å²) in [7, 11) is 1.58. The van der Waals surface area contributed by atoms with Gasteiger partial charge in [-0.25, -0.2) is 0 Å². The smallest absolute Gasteiger partial charge is 0.291 e. The Morgan fingerprint density at radius 1 is 1.08 bits per heavy atom. The first kappa shape index (κ1) is 24.6. The molecule has 0 bridgehead atoms. The second-order valence-electron chi connectivity index (χ2n) is 9.44. The van der Waals surface area contributed by atoms with Crippen molar-refractivity contribution in [2.75, 3.05) is 13.7 Å². The van der Waals surface area contributed by atoms with Crippen molar-refractivity contribution in [2.45, 2.75) is 46.2 Å². The largest absolute Gasteiger partial charge is 0.493 e. The third-order valence-electron chi connectivity index (χ3n) is 6.75. The third-order valence-corrected chi connectivity index (χ3v) is 6.75. The minimum atomic E-state index is -0.650. The lowest BCUT2D eigenvalue weighted by atomic mass is 9.96. The number of fused-ring (bicyclic) bond motifs is 2. The topological polar surface area (TPSA) is 81.9 Å². The van der Waals surface area contributed by atoms with Crippen molar-refractivity contribution in [3.8, 4) is 11.5 Å². The van der Waals surface area contributed by atoms with Gasteiger partial charge < -0.3 is 18.8 Å². The van der Waals surface area contributed by atoms with E-state index in [0.717, 1.165) is 35.1 Å². The zero-order valence-electron chi connectivity index (χ0n) is 21.5. The molecule has 0 aliphatic carbocycles. The fourth-order valence-electron chi connectivity index (χ4n) is 5.01. The summed E-state index contributed by atoms with van der Waals surface area (Å²) in [6, 6.07) is 12.4. The molecule has 1 amide bonds. The Balaban J connectivity index is 1.68. The fraction of sp³-hybridized carbons (Fsp3) is 0.300. The number of rotatable bonds is 8. The number of aromatic nitrogens is 1. The highest BCUT2D eigenvalue weighted by atomic mass is 16.5. The Morgan fingerprint density at radius 2 is 1.92 bits per heavy atom. The molecule has 0 radical (unpaired) electrons. The van der Waals surface area contributed by atoms with Crippen molar-refractivity contribution in [1.82, 2.24) is 9.88 Å². The summed E-state index contributed by atoms with van der Waals surface area (Å²) in [6.45, 7) is 6.79. The maximum Gasteiger partial charge on any atom is 0.291 e. The van der Waals surface area contributed by atoms with Crippen molar-refractivity contribution < 1.29 is 18.7 Å². The monoisotopic (exact) mass is 498 g/mol. The lowest BCUT2D eigenvalue weighted by Gasteiger charge is -2.26. The van der Waals surface area contributed by atoms with Gasteiger partial charge in [-0.15, -0.1) is 0 Å². The van der Waals surface area contributed by atoms with E-state index in [4.69, 9.17) is 13.9 Å². The van der Waals surface area contributed by atoms with E-state index in [1.165, 1.54) is 0 Å². The van der Waals surface area contributed by atoms with Gasteiger partial charge in [-0.1, -0.05) is 31.5 Å². The highest BCUT2D eigenvalue weighted by Gasteiger charge is 2.43. The molecule has 4 aromatic rings. The van der Waals surface area contributed by atoms with Crippen molar-refractivity contribution in [3.63, 3.8) is 0 Å². The molecule has 0 saturated carbocycles. The molecule has 1 atom stereocenters. The molecule has 1 unspecified atom stereocenters. The molecule has 1 aliphatic heterocycles. The van der Waals surface area contributed by atoms with Crippen molar-refractivity contribution in [3.05, 3.63) is 98.7 Å². The maximum atomic E-state index is 14.0. The van der Waals surface area contributed by atoms with Gasteiger partial charge in [0, 0.05) is 18.9 Å². The van der Waals surface area contributed by atoms with Gasteiger partial charge in [0.1, 0.15) is 5.58 Å². The molecule has 7 nitrogen and oxygen atoms in total. The van der Waals surface area contributed by atoms with Crippen LogP contribution >= 0.6 is 0 Å². The molecular weight excluding hydrogens is 468 g/mol. The maximum absolute atomic E-state index is 14.0. The van der Waals surface area contributed by atoms with Crippen LogP contribution in [0.1, 0.15) is 64.2 Å². The first-order valence-electron chi connectivity index (χ1n) is 12.5. The molecule has 2 aromatic heterocycles. The highest BCUT2D eigenvalue weighted by Crippen LogP contribution is 2.42. The Hall–Kier alpha value is -4.13. The quantitative estimate of drug-likeness (QED) is 0.288. The lowest BCUT2D eigenvalue weighted by molar-refractivity contribution is 0.0714. The summed E-state index contributed by atoms with van der Waals surface area (Å²) in [6.07, 6.45) is 5.36. The van der Waals surface area contributed by atoms with E-state index in [1.807, 2.05) is 56.3 Å². The fourth-order valence-corrected chi connectivity index (χ4v) is 5.01. The SMILES string of the molecule is CCCCOc1ccc(C2c3c(oc4cc(C)cc(C)c4c3=O)C(=O)N2Cc2cccnc2)cc1OC. The van der Waals surface area contributed by atoms with Crippen LogP contribution in [0.25, 0.3) is 11.0 Å². The predicted molar refractivity (Wildman–Crippen MR) is 141 cm³/mol. The minimum absolute atomic E-state index is 0.0821. The van der Waals surface area contributed by atoms with Crippen LogP contribution in [-0.4, -0.2) is 29.5 Å². The van der Waals surface area contributed by atoms with Crippen LogP contribution in [0.2, 0.25) is 0 Å². The summed E-state index contributed by atoms with van der Waals surface area (Å²) in [5.74, 6) is 0.926. The summed E-state index contributed by atoms with van der Waals surface area (Å²) < 4.78 is 17.7. The van der Waals surface area contributed by atoms with Crippen molar-refractivity contribution in [2.24, 2.45) is 0 Å². The Kier molecular flexibility index (Phi) is 6.70. The Morgan fingerprint density at radius 3 is 2.65 bits per heavy atom. The van der Waals surface area contributed by atoms with E-state index in [2.05, 4.69) is 11.9 Å². The molecule has 5 rings (SSSR count). The Bertz CT molecular complexity index is 1530. The van der Waals surface area contributed by atoms with Crippen LogP contribution in [0.4, 0.5) is 0 Å². The number of methoxy groups -OCH3 is 1. The molecule has 190 valence electrons. The van der Waals surface area contributed by atoms with Gasteiger partial charge in [-0.05, 0) is 66.8 Å². The van der Waals surface area contributed by atoms with E-state index in [-0.39, 0.29) is 23.6 Å². The first-order chi connectivity index (χ1) is 17.9. The van der Waals surface area contributed by atoms with Gasteiger partial charge >= 0.3 is 0 Å². The molecule has 7 heteroatoms. The van der Waals surface area contributed by atoms with Gasteiger partial charge in [-0.2, -0.15) is 0 Å². The summed E-state index contributed by atoms with van der Waals surface area (Å²) in [4.78, 5) is 33.6. The van der Waals surface area contributed by atoms with Crippen LogP contribution in [-0.2, 0) is 6.54 Å². The summed E-state index contributed by atoms with van der Waals surface area (Å²) >= 11 is 0. The van der Waals surface area contributed by atoms with Crippen molar-refractivity contribution in [1.29, 1.82) is 0 Å². The number of carbonyl (C=O) groups excluding carboxylic acids is 1. The van der Waals surface area contributed by atoms with Crippen LogP contribution < -0.4 is 14.9 Å². The molecule has 0 saturated heterocycles. The second kappa shape index (κ2) is 10.1. The molecule has 3 heterocycles. The molecule has 0 spiro atoms. The van der Waals surface area contributed by atoms with E-state index in [0.29, 0.717) is 34.6 Å². The van der Waals surface area contributed by atoms with Crippen molar-refractivity contribution >= 4 is 16.9 Å². The number of amides is 1. The highest BCUT2D eigenvalue weighted by molar-refractivity contribution is 5.99. The zero-order chi connectivity index (χ0) is 26.1. The van der Waals surface area contributed by atoms with E-state index in [1.54, 1.807) is 24.4 Å². The molecule has 0 N–H and O–H groups in total. The lowest BCUT2D eigenvalue weighted by Crippen LogP contribution is -2.29. The molecule has 2 aromatic carbocycles. The van der Waals surface area contributed by atoms with Gasteiger partial charge in [-0.3, -0.25) is 14.6 Å². The third kappa shape index (κ3) is 4.46. The number of ether oxygens (including phenoxy) is 2. The first-order valence-corrected chi connectivity index (χ1v) is 12.5.